The van der Waals surface area contributed by atoms with Crippen molar-refractivity contribution in [2.75, 3.05) is 13.1 Å². The van der Waals surface area contributed by atoms with E-state index in [1.165, 1.54) is 45.2 Å². The quantitative estimate of drug-likeness (QED) is 0.630. The molecule has 0 aliphatic heterocycles. The molecular formula is C16H31N. The predicted molar refractivity (Wildman–Crippen MR) is 77.3 cm³/mol. The highest BCUT2D eigenvalue weighted by molar-refractivity contribution is 5.14. The molecule has 100 valence electrons. The van der Waals surface area contributed by atoms with Crippen molar-refractivity contribution in [3.05, 3.63) is 11.6 Å². The summed E-state index contributed by atoms with van der Waals surface area (Å²) in [6, 6.07) is 0.806. The Kier molecular flexibility index (Phi) is 5.72. The summed E-state index contributed by atoms with van der Waals surface area (Å²) in [5.74, 6) is 0. The molecule has 17 heavy (non-hydrogen) atoms. The van der Waals surface area contributed by atoms with Crippen molar-refractivity contribution in [3.8, 4) is 0 Å². The van der Waals surface area contributed by atoms with Crippen LogP contribution in [0.3, 0.4) is 0 Å². The molecule has 0 fully saturated rings. The lowest BCUT2D eigenvalue weighted by Crippen LogP contribution is -2.38. The van der Waals surface area contributed by atoms with Crippen molar-refractivity contribution in [3.63, 3.8) is 0 Å². The van der Waals surface area contributed by atoms with Crippen molar-refractivity contribution in [2.24, 2.45) is 5.41 Å². The minimum atomic E-state index is 0.380. The van der Waals surface area contributed by atoms with Crippen LogP contribution in [0.4, 0.5) is 0 Å². The Hall–Kier alpha value is -0.300. The molecule has 1 aliphatic rings. The van der Waals surface area contributed by atoms with Crippen LogP contribution in [0, 0.1) is 5.41 Å². The maximum absolute atomic E-state index is 2.70. The van der Waals surface area contributed by atoms with E-state index in [1.807, 2.05) is 0 Å². The van der Waals surface area contributed by atoms with E-state index in [9.17, 15) is 0 Å². The van der Waals surface area contributed by atoms with E-state index in [2.05, 4.69) is 45.6 Å². The fraction of sp³-hybridized carbons (Fsp3) is 0.875. The lowest BCUT2D eigenvalue weighted by Gasteiger charge is -2.36. The van der Waals surface area contributed by atoms with Crippen molar-refractivity contribution in [1.29, 1.82) is 0 Å². The first-order valence-corrected chi connectivity index (χ1v) is 7.42. The SMILES string of the molecule is CCCN(CCC)[C@@H]1CC=C(C(C)(C)C)CC1. The van der Waals surface area contributed by atoms with Gasteiger partial charge in [0.1, 0.15) is 0 Å². The van der Waals surface area contributed by atoms with E-state index in [0.717, 1.165) is 6.04 Å². The van der Waals surface area contributed by atoms with Gasteiger partial charge in [0.15, 0.2) is 0 Å². The van der Waals surface area contributed by atoms with Crippen molar-refractivity contribution >= 4 is 0 Å². The van der Waals surface area contributed by atoms with Gasteiger partial charge in [-0.15, -0.1) is 0 Å². The summed E-state index contributed by atoms with van der Waals surface area (Å²) in [6.45, 7) is 14.2. The highest BCUT2D eigenvalue weighted by Gasteiger charge is 2.25. The van der Waals surface area contributed by atoms with Crippen molar-refractivity contribution in [1.82, 2.24) is 4.90 Å². The molecule has 0 N–H and O–H groups in total. The summed E-state index contributed by atoms with van der Waals surface area (Å²) >= 11 is 0. The minimum Gasteiger partial charge on any atom is -0.300 e. The van der Waals surface area contributed by atoms with Gasteiger partial charge in [-0.2, -0.15) is 0 Å². The van der Waals surface area contributed by atoms with Crippen LogP contribution in [-0.4, -0.2) is 24.0 Å². The third kappa shape index (κ3) is 4.46. The second kappa shape index (κ2) is 6.58. The van der Waals surface area contributed by atoms with E-state index >= 15 is 0 Å². The monoisotopic (exact) mass is 237 g/mol. The maximum atomic E-state index is 2.70. The van der Waals surface area contributed by atoms with Crippen LogP contribution in [0.15, 0.2) is 11.6 Å². The van der Waals surface area contributed by atoms with Crippen LogP contribution in [0.5, 0.6) is 0 Å². The fourth-order valence-electron chi connectivity index (χ4n) is 2.88. The fourth-order valence-corrected chi connectivity index (χ4v) is 2.88. The number of nitrogens with zero attached hydrogens (tertiary/aromatic N) is 1. The van der Waals surface area contributed by atoms with Gasteiger partial charge >= 0.3 is 0 Å². The molecule has 0 amide bonds. The first-order chi connectivity index (χ1) is 7.99. The van der Waals surface area contributed by atoms with Gasteiger partial charge in [-0.1, -0.05) is 46.3 Å². The number of allylic oxidation sites excluding steroid dienone is 1. The number of hydrogen-bond donors (Lipinski definition) is 0. The molecule has 0 unspecified atom stereocenters. The minimum absolute atomic E-state index is 0.380. The first kappa shape index (κ1) is 14.8. The highest BCUT2D eigenvalue weighted by atomic mass is 15.1. The molecule has 1 rings (SSSR count). The molecule has 1 atom stereocenters. The Morgan fingerprint density at radius 3 is 2.12 bits per heavy atom. The summed E-state index contributed by atoms with van der Waals surface area (Å²) in [5.41, 5.74) is 2.05. The normalized spacial score (nSPS) is 21.8. The van der Waals surface area contributed by atoms with Gasteiger partial charge in [0.2, 0.25) is 0 Å². The summed E-state index contributed by atoms with van der Waals surface area (Å²) in [5, 5.41) is 0. The molecule has 0 saturated carbocycles. The van der Waals surface area contributed by atoms with Crippen LogP contribution in [0.2, 0.25) is 0 Å². The molecule has 0 aromatic carbocycles. The van der Waals surface area contributed by atoms with Crippen LogP contribution >= 0.6 is 0 Å². The molecular weight excluding hydrogens is 206 g/mol. The second-order valence-electron chi connectivity index (χ2n) is 6.44. The summed E-state index contributed by atoms with van der Waals surface area (Å²) in [7, 11) is 0. The Balaban J connectivity index is 2.57. The maximum Gasteiger partial charge on any atom is 0.0133 e. The molecule has 0 heterocycles. The van der Waals surface area contributed by atoms with E-state index in [0.29, 0.717) is 5.41 Å². The second-order valence-corrected chi connectivity index (χ2v) is 6.44. The highest BCUT2D eigenvalue weighted by Crippen LogP contribution is 2.34. The van der Waals surface area contributed by atoms with E-state index in [4.69, 9.17) is 0 Å². The zero-order valence-corrected chi connectivity index (χ0v) is 12.6. The topological polar surface area (TPSA) is 3.24 Å². The number of hydrogen-bond acceptors (Lipinski definition) is 1. The smallest absolute Gasteiger partial charge is 0.0133 e. The average molecular weight is 237 g/mol. The Bertz CT molecular complexity index is 241. The van der Waals surface area contributed by atoms with Gasteiger partial charge in [0, 0.05) is 6.04 Å². The molecule has 1 nitrogen and oxygen atoms in total. The summed E-state index contributed by atoms with van der Waals surface area (Å²) in [6.07, 6.45) is 9.03. The molecule has 0 saturated heterocycles. The van der Waals surface area contributed by atoms with Crippen LogP contribution in [-0.2, 0) is 0 Å². The van der Waals surface area contributed by atoms with Gasteiger partial charge < -0.3 is 4.90 Å². The van der Waals surface area contributed by atoms with Gasteiger partial charge in [-0.05, 0) is 50.6 Å². The van der Waals surface area contributed by atoms with Gasteiger partial charge in [0.05, 0.1) is 0 Å². The van der Waals surface area contributed by atoms with Crippen LogP contribution in [0.25, 0.3) is 0 Å². The lowest BCUT2D eigenvalue weighted by molar-refractivity contribution is 0.179. The van der Waals surface area contributed by atoms with Crippen molar-refractivity contribution < 1.29 is 0 Å². The summed E-state index contributed by atoms with van der Waals surface area (Å²) in [4.78, 5) is 2.70. The zero-order valence-electron chi connectivity index (χ0n) is 12.6. The summed E-state index contributed by atoms with van der Waals surface area (Å²) < 4.78 is 0. The standard InChI is InChI=1S/C16H31N/c1-6-12-17(13-7-2)15-10-8-14(9-11-15)16(3,4)5/h8,15H,6-7,9-13H2,1-5H3/t15-/m1/s1. The zero-order chi connectivity index (χ0) is 12.9. The van der Waals surface area contributed by atoms with Crippen LogP contribution < -0.4 is 0 Å². The van der Waals surface area contributed by atoms with E-state index in [-0.39, 0.29) is 0 Å². The van der Waals surface area contributed by atoms with Crippen LogP contribution in [0.1, 0.15) is 66.7 Å². The molecule has 1 heteroatoms. The van der Waals surface area contributed by atoms with Gasteiger partial charge in [-0.25, -0.2) is 0 Å². The lowest BCUT2D eigenvalue weighted by atomic mass is 9.79. The number of rotatable bonds is 5. The molecule has 0 radical (unpaired) electrons. The molecule has 0 aromatic rings. The molecule has 1 aliphatic carbocycles. The average Bonchev–Trinajstić information content (AvgIpc) is 2.28. The van der Waals surface area contributed by atoms with E-state index in [1.54, 1.807) is 5.57 Å². The van der Waals surface area contributed by atoms with E-state index < -0.39 is 0 Å². The van der Waals surface area contributed by atoms with Gasteiger partial charge in [-0.3, -0.25) is 0 Å². The van der Waals surface area contributed by atoms with Gasteiger partial charge in [0.25, 0.3) is 0 Å². The first-order valence-electron chi connectivity index (χ1n) is 7.42. The Labute approximate surface area is 108 Å². The predicted octanol–water partition coefficient (Wildman–Crippen LogP) is 4.63. The largest absolute Gasteiger partial charge is 0.300 e. The third-order valence-corrected chi connectivity index (χ3v) is 3.88. The molecule has 0 bridgehead atoms. The third-order valence-electron chi connectivity index (χ3n) is 3.88. The molecule has 0 spiro atoms. The molecule has 0 aromatic heterocycles. The van der Waals surface area contributed by atoms with Crippen molar-refractivity contribution in [2.45, 2.75) is 72.8 Å². The Morgan fingerprint density at radius 1 is 1.18 bits per heavy atom. The Morgan fingerprint density at radius 2 is 1.76 bits per heavy atom.